The number of aromatic nitrogens is 4. The minimum atomic E-state index is -0.0189. The summed E-state index contributed by atoms with van der Waals surface area (Å²) in [5.74, 6) is 2.45. The highest BCUT2D eigenvalue weighted by Crippen LogP contribution is 2.39. The molecule has 5 nitrogen and oxygen atoms in total. The third-order valence-electron chi connectivity index (χ3n) is 4.29. The largest absolute Gasteiger partial charge is 0.329 e. The third kappa shape index (κ3) is 1.70. The molecule has 3 rings (SSSR count). The van der Waals surface area contributed by atoms with E-state index in [1.807, 2.05) is 16.7 Å². The summed E-state index contributed by atoms with van der Waals surface area (Å²) in [4.78, 5) is 4.23. The lowest BCUT2D eigenvalue weighted by atomic mass is 9.70. The van der Waals surface area contributed by atoms with Gasteiger partial charge in [-0.25, -0.2) is 4.98 Å². The Bertz CT molecular complexity index is 539. The van der Waals surface area contributed by atoms with Crippen molar-refractivity contribution in [2.24, 2.45) is 11.7 Å². The van der Waals surface area contributed by atoms with Crippen LogP contribution in [0.5, 0.6) is 0 Å². The molecule has 2 aromatic rings. The summed E-state index contributed by atoms with van der Waals surface area (Å²) in [7, 11) is 0. The molecular weight excluding hydrogens is 226 g/mol. The normalized spacial score (nSPS) is 28.7. The van der Waals surface area contributed by atoms with Gasteiger partial charge in [0.25, 0.3) is 5.78 Å². The van der Waals surface area contributed by atoms with Gasteiger partial charge in [0.05, 0.1) is 0 Å². The zero-order valence-electron chi connectivity index (χ0n) is 10.7. The summed E-state index contributed by atoms with van der Waals surface area (Å²) in [5, 5.41) is 8.51. The van der Waals surface area contributed by atoms with Crippen molar-refractivity contribution in [1.82, 2.24) is 19.6 Å². The monoisotopic (exact) mass is 245 g/mol. The number of nitrogens with two attached hydrogens (primary N) is 1. The lowest BCUT2D eigenvalue weighted by molar-refractivity contribution is 0.235. The van der Waals surface area contributed by atoms with Crippen molar-refractivity contribution in [2.75, 3.05) is 6.54 Å². The fourth-order valence-corrected chi connectivity index (χ4v) is 2.94. The van der Waals surface area contributed by atoms with E-state index in [0.717, 1.165) is 24.6 Å². The number of hydrogen-bond acceptors (Lipinski definition) is 4. The highest BCUT2D eigenvalue weighted by molar-refractivity contribution is 5.29. The summed E-state index contributed by atoms with van der Waals surface area (Å²) in [6, 6.07) is 1.91. The van der Waals surface area contributed by atoms with Gasteiger partial charge in [0.1, 0.15) is 5.82 Å². The van der Waals surface area contributed by atoms with Crippen LogP contribution in [0.1, 0.15) is 38.4 Å². The SMILES string of the molecule is CC1CCC(CN)(c2nnc3ncccn23)CC1. The van der Waals surface area contributed by atoms with Gasteiger partial charge in [-0.05, 0) is 37.7 Å². The summed E-state index contributed by atoms with van der Waals surface area (Å²) in [6.45, 7) is 2.94. The average molecular weight is 245 g/mol. The van der Waals surface area contributed by atoms with Crippen LogP contribution >= 0.6 is 0 Å². The Kier molecular flexibility index (Phi) is 2.78. The first kappa shape index (κ1) is 11.6. The topological polar surface area (TPSA) is 69.1 Å². The summed E-state index contributed by atoms with van der Waals surface area (Å²) in [5.41, 5.74) is 6.05. The van der Waals surface area contributed by atoms with Crippen molar-refractivity contribution >= 4 is 5.78 Å². The van der Waals surface area contributed by atoms with E-state index in [2.05, 4.69) is 22.1 Å². The van der Waals surface area contributed by atoms with Crippen LogP contribution in [0.2, 0.25) is 0 Å². The van der Waals surface area contributed by atoms with Crippen molar-refractivity contribution in [3.8, 4) is 0 Å². The fourth-order valence-electron chi connectivity index (χ4n) is 2.94. The van der Waals surface area contributed by atoms with Gasteiger partial charge in [-0.15, -0.1) is 10.2 Å². The van der Waals surface area contributed by atoms with Crippen LogP contribution in [0.15, 0.2) is 18.5 Å². The molecule has 1 saturated carbocycles. The second-order valence-corrected chi connectivity index (χ2v) is 5.48. The molecule has 0 radical (unpaired) electrons. The maximum Gasteiger partial charge on any atom is 0.254 e. The van der Waals surface area contributed by atoms with E-state index >= 15 is 0 Å². The van der Waals surface area contributed by atoms with Crippen molar-refractivity contribution < 1.29 is 0 Å². The van der Waals surface area contributed by atoms with Crippen LogP contribution in [0.4, 0.5) is 0 Å². The lowest BCUT2D eigenvalue weighted by Gasteiger charge is -2.36. The first-order valence-electron chi connectivity index (χ1n) is 6.61. The predicted molar refractivity (Wildman–Crippen MR) is 69.1 cm³/mol. The van der Waals surface area contributed by atoms with E-state index in [1.165, 1.54) is 12.8 Å². The second-order valence-electron chi connectivity index (χ2n) is 5.48. The fraction of sp³-hybridized carbons (Fsp3) is 0.615. The standard InChI is InChI=1S/C13H19N5/c1-10-3-5-13(9-14,6-4-10)11-16-17-12-15-7-2-8-18(11)12/h2,7-8,10H,3-6,9,14H2,1H3. The first-order valence-corrected chi connectivity index (χ1v) is 6.61. The Morgan fingerprint density at radius 2 is 2.17 bits per heavy atom. The molecule has 2 aromatic heterocycles. The Labute approximate surface area is 106 Å². The van der Waals surface area contributed by atoms with Crippen molar-refractivity contribution in [1.29, 1.82) is 0 Å². The molecule has 2 N–H and O–H groups in total. The van der Waals surface area contributed by atoms with Gasteiger partial charge in [-0.2, -0.15) is 0 Å². The molecule has 0 aliphatic heterocycles. The Hall–Kier alpha value is -1.49. The van der Waals surface area contributed by atoms with E-state index < -0.39 is 0 Å². The highest BCUT2D eigenvalue weighted by Gasteiger charge is 2.38. The molecule has 0 unspecified atom stereocenters. The molecule has 1 aliphatic carbocycles. The van der Waals surface area contributed by atoms with Crippen LogP contribution in [-0.2, 0) is 5.41 Å². The quantitative estimate of drug-likeness (QED) is 0.871. The molecule has 0 aromatic carbocycles. The molecular formula is C13H19N5. The molecule has 1 fully saturated rings. The number of nitrogens with zero attached hydrogens (tertiary/aromatic N) is 4. The second kappa shape index (κ2) is 4.31. The molecule has 2 heterocycles. The molecule has 18 heavy (non-hydrogen) atoms. The van der Waals surface area contributed by atoms with Gasteiger partial charge < -0.3 is 5.73 Å². The third-order valence-corrected chi connectivity index (χ3v) is 4.29. The lowest BCUT2D eigenvalue weighted by Crippen LogP contribution is -2.40. The summed E-state index contributed by atoms with van der Waals surface area (Å²) < 4.78 is 1.99. The van der Waals surface area contributed by atoms with Crippen LogP contribution in [0.25, 0.3) is 5.78 Å². The average Bonchev–Trinajstić information content (AvgIpc) is 2.85. The Balaban J connectivity index is 2.06. The van der Waals surface area contributed by atoms with Crippen molar-refractivity contribution in [2.45, 2.75) is 38.0 Å². The van der Waals surface area contributed by atoms with E-state index in [1.54, 1.807) is 6.20 Å². The smallest absolute Gasteiger partial charge is 0.254 e. The van der Waals surface area contributed by atoms with Gasteiger partial charge in [-0.3, -0.25) is 4.40 Å². The van der Waals surface area contributed by atoms with Crippen LogP contribution in [0.3, 0.4) is 0 Å². The van der Waals surface area contributed by atoms with Gasteiger partial charge in [0.15, 0.2) is 0 Å². The minimum Gasteiger partial charge on any atom is -0.329 e. The maximum atomic E-state index is 6.06. The Morgan fingerprint density at radius 3 is 2.89 bits per heavy atom. The van der Waals surface area contributed by atoms with E-state index in [-0.39, 0.29) is 5.41 Å². The molecule has 96 valence electrons. The van der Waals surface area contributed by atoms with Crippen LogP contribution in [0, 0.1) is 5.92 Å². The first-order chi connectivity index (χ1) is 8.75. The molecule has 0 amide bonds. The van der Waals surface area contributed by atoms with Gasteiger partial charge in [-0.1, -0.05) is 6.92 Å². The summed E-state index contributed by atoms with van der Waals surface area (Å²) in [6.07, 6.45) is 8.35. The molecule has 1 aliphatic rings. The number of rotatable bonds is 2. The van der Waals surface area contributed by atoms with Gasteiger partial charge >= 0.3 is 0 Å². The van der Waals surface area contributed by atoms with Crippen LogP contribution in [-0.4, -0.2) is 26.1 Å². The molecule has 0 bridgehead atoms. The van der Waals surface area contributed by atoms with Gasteiger partial charge in [0.2, 0.25) is 0 Å². The summed E-state index contributed by atoms with van der Waals surface area (Å²) >= 11 is 0. The Morgan fingerprint density at radius 1 is 1.39 bits per heavy atom. The zero-order chi connectivity index (χ0) is 12.6. The number of hydrogen-bond donors (Lipinski definition) is 1. The molecule has 0 saturated heterocycles. The minimum absolute atomic E-state index is 0.0189. The highest BCUT2D eigenvalue weighted by atomic mass is 15.3. The van der Waals surface area contributed by atoms with Crippen molar-refractivity contribution in [3.05, 3.63) is 24.3 Å². The van der Waals surface area contributed by atoms with E-state index in [0.29, 0.717) is 12.3 Å². The molecule has 5 heteroatoms. The molecule has 0 atom stereocenters. The van der Waals surface area contributed by atoms with Crippen LogP contribution < -0.4 is 5.73 Å². The van der Waals surface area contributed by atoms with Gasteiger partial charge in [0, 0.05) is 24.4 Å². The zero-order valence-corrected chi connectivity index (χ0v) is 10.7. The predicted octanol–water partition coefficient (Wildman–Crippen LogP) is 1.53. The van der Waals surface area contributed by atoms with Crippen molar-refractivity contribution in [3.63, 3.8) is 0 Å². The maximum absolute atomic E-state index is 6.06. The number of fused-ring (bicyclic) bond motifs is 1. The van der Waals surface area contributed by atoms with E-state index in [4.69, 9.17) is 5.73 Å². The van der Waals surface area contributed by atoms with E-state index in [9.17, 15) is 0 Å². The molecule has 0 spiro atoms.